The Bertz CT molecular complexity index is 400. The smallest absolute Gasteiger partial charge is 0.184 e. The molecular weight excluding hydrogens is 296 g/mol. The minimum Gasteiger partial charge on any atom is -0.300 e. The summed E-state index contributed by atoms with van der Waals surface area (Å²) < 4.78 is 0. The van der Waals surface area contributed by atoms with E-state index in [4.69, 9.17) is 0 Å². The summed E-state index contributed by atoms with van der Waals surface area (Å²) in [6.07, 6.45) is 12.5. The van der Waals surface area contributed by atoms with Gasteiger partial charge in [-0.3, -0.25) is 4.79 Å². The quantitative estimate of drug-likeness (QED) is 0.306. The molecule has 2 heteroatoms. The lowest BCUT2D eigenvalue weighted by Gasteiger charge is -2.08. The van der Waals surface area contributed by atoms with Crippen LogP contribution in [0.15, 0.2) is 23.3 Å². The van der Waals surface area contributed by atoms with Gasteiger partial charge in [0.25, 0.3) is 0 Å². The van der Waals surface area contributed by atoms with Crippen molar-refractivity contribution in [3.05, 3.63) is 23.3 Å². The Labute approximate surface area is 150 Å². The van der Waals surface area contributed by atoms with E-state index < -0.39 is 0 Å². The van der Waals surface area contributed by atoms with E-state index in [1.165, 1.54) is 12.8 Å². The van der Waals surface area contributed by atoms with Crippen LogP contribution in [0.25, 0.3) is 0 Å². The van der Waals surface area contributed by atoms with Gasteiger partial charge in [-0.2, -0.15) is 0 Å². The highest BCUT2D eigenvalue weighted by Crippen LogP contribution is 2.16. The first-order chi connectivity index (χ1) is 11.3. The van der Waals surface area contributed by atoms with E-state index in [1.54, 1.807) is 6.92 Å². The number of ketones is 2. The SMILES string of the molecule is CC/C=C(/C)C(=O)/C(=C\C(C)C)CCCC.CCCCCC(C)=O. The molecule has 0 bridgehead atoms. The molecule has 0 saturated heterocycles. The lowest BCUT2D eigenvalue weighted by molar-refractivity contribution is -0.117. The van der Waals surface area contributed by atoms with Crippen LogP contribution >= 0.6 is 0 Å². The molecule has 0 atom stereocenters. The summed E-state index contributed by atoms with van der Waals surface area (Å²) in [4.78, 5) is 22.5. The van der Waals surface area contributed by atoms with Crippen molar-refractivity contribution in [3.8, 4) is 0 Å². The van der Waals surface area contributed by atoms with Crippen LogP contribution in [-0.4, -0.2) is 11.6 Å². The number of rotatable bonds is 11. The van der Waals surface area contributed by atoms with Gasteiger partial charge in [0, 0.05) is 6.42 Å². The van der Waals surface area contributed by atoms with Crippen molar-refractivity contribution in [2.75, 3.05) is 0 Å². The maximum absolute atomic E-state index is 12.1. The van der Waals surface area contributed by atoms with Crippen LogP contribution in [0.2, 0.25) is 0 Å². The molecule has 0 radical (unpaired) electrons. The number of hydrogen-bond donors (Lipinski definition) is 0. The highest BCUT2D eigenvalue weighted by Gasteiger charge is 2.11. The lowest BCUT2D eigenvalue weighted by Crippen LogP contribution is -2.06. The molecule has 0 aliphatic heterocycles. The first kappa shape index (κ1) is 25.1. The van der Waals surface area contributed by atoms with Crippen molar-refractivity contribution in [1.82, 2.24) is 0 Å². The van der Waals surface area contributed by atoms with Crippen LogP contribution in [0.4, 0.5) is 0 Å². The third kappa shape index (κ3) is 15.7. The highest BCUT2D eigenvalue weighted by atomic mass is 16.1. The van der Waals surface area contributed by atoms with E-state index in [1.807, 2.05) is 13.0 Å². The topological polar surface area (TPSA) is 34.1 Å². The van der Waals surface area contributed by atoms with Crippen LogP contribution in [0.1, 0.15) is 99.8 Å². The largest absolute Gasteiger partial charge is 0.300 e. The van der Waals surface area contributed by atoms with Crippen molar-refractivity contribution in [2.45, 2.75) is 99.8 Å². The molecule has 0 fully saturated rings. The molecule has 0 aliphatic rings. The Morgan fingerprint density at radius 2 is 1.46 bits per heavy atom. The zero-order valence-electron chi connectivity index (χ0n) is 17.2. The molecule has 0 rings (SSSR count). The Balaban J connectivity index is 0. The Morgan fingerprint density at radius 3 is 1.88 bits per heavy atom. The fourth-order valence-corrected chi connectivity index (χ4v) is 2.32. The van der Waals surface area contributed by atoms with Gasteiger partial charge >= 0.3 is 0 Å². The molecule has 0 spiro atoms. The highest BCUT2D eigenvalue weighted by molar-refractivity contribution is 6.07. The molecule has 0 aromatic rings. The van der Waals surface area contributed by atoms with Gasteiger partial charge in [-0.1, -0.05) is 66.0 Å². The summed E-state index contributed by atoms with van der Waals surface area (Å²) in [6, 6.07) is 0. The lowest BCUT2D eigenvalue weighted by atomic mass is 9.96. The minimum atomic E-state index is 0.240. The van der Waals surface area contributed by atoms with Crippen molar-refractivity contribution >= 4 is 11.6 Å². The predicted octanol–water partition coefficient (Wildman–Crippen LogP) is 6.84. The molecule has 0 saturated carbocycles. The summed E-state index contributed by atoms with van der Waals surface area (Å²) in [5, 5.41) is 0. The zero-order valence-corrected chi connectivity index (χ0v) is 17.2. The molecule has 24 heavy (non-hydrogen) atoms. The molecule has 0 unspecified atom stereocenters. The fraction of sp³-hybridized carbons (Fsp3) is 0.727. The predicted molar refractivity (Wildman–Crippen MR) is 106 cm³/mol. The maximum atomic E-state index is 12.1. The van der Waals surface area contributed by atoms with Gasteiger partial charge in [0.2, 0.25) is 0 Å². The molecule has 0 heterocycles. The minimum absolute atomic E-state index is 0.240. The van der Waals surface area contributed by atoms with E-state index in [9.17, 15) is 9.59 Å². The first-order valence-corrected chi connectivity index (χ1v) is 9.71. The van der Waals surface area contributed by atoms with Crippen LogP contribution in [0.5, 0.6) is 0 Å². The maximum Gasteiger partial charge on any atom is 0.184 e. The summed E-state index contributed by atoms with van der Waals surface area (Å²) in [5.74, 6) is 1.01. The van der Waals surface area contributed by atoms with Crippen molar-refractivity contribution in [1.29, 1.82) is 0 Å². The monoisotopic (exact) mass is 336 g/mol. The molecule has 2 nitrogen and oxygen atoms in total. The van der Waals surface area contributed by atoms with E-state index in [0.717, 1.165) is 49.7 Å². The molecule has 0 N–H and O–H groups in total. The number of carbonyl (C=O) groups excluding carboxylic acids is 2. The molecule has 0 aromatic carbocycles. The molecule has 0 aliphatic carbocycles. The summed E-state index contributed by atoms with van der Waals surface area (Å²) >= 11 is 0. The average molecular weight is 337 g/mol. The van der Waals surface area contributed by atoms with Crippen LogP contribution in [-0.2, 0) is 9.59 Å². The van der Waals surface area contributed by atoms with Crippen molar-refractivity contribution in [2.24, 2.45) is 5.92 Å². The molecule has 140 valence electrons. The van der Waals surface area contributed by atoms with Crippen LogP contribution in [0.3, 0.4) is 0 Å². The number of hydrogen-bond acceptors (Lipinski definition) is 2. The fourth-order valence-electron chi connectivity index (χ4n) is 2.32. The van der Waals surface area contributed by atoms with E-state index in [2.05, 4.69) is 40.7 Å². The van der Waals surface area contributed by atoms with E-state index in [-0.39, 0.29) is 5.78 Å². The van der Waals surface area contributed by atoms with Crippen molar-refractivity contribution in [3.63, 3.8) is 0 Å². The summed E-state index contributed by atoms with van der Waals surface area (Å²) in [7, 11) is 0. The average Bonchev–Trinajstić information content (AvgIpc) is 2.51. The van der Waals surface area contributed by atoms with Gasteiger partial charge in [0.05, 0.1) is 0 Å². The van der Waals surface area contributed by atoms with Gasteiger partial charge in [-0.15, -0.1) is 0 Å². The number of Topliss-reactive ketones (excluding diaryl/α,β-unsaturated/α-hetero) is 2. The Morgan fingerprint density at radius 1 is 0.875 bits per heavy atom. The van der Waals surface area contributed by atoms with Crippen LogP contribution in [0, 0.1) is 5.92 Å². The molecule has 0 aromatic heterocycles. The van der Waals surface area contributed by atoms with Gasteiger partial charge < -0.3 is 4.79 Å². The standard InChI is InChI=1S/C15H26O.C7H14O/c1-6-8-10-14(11-12(3)4)15(16)13(5)9-7-2;1-3-4-5-6-7(2)8/h9,11-12H,6-8,10H2,1-5H3;3-6H2,1-2H3/b13-9-,14-11-;. The number of unbranched alkanes of at least 4 members (excludes halogenated alkanes) is 3. The van der Waals surface area contributed by atoms with Gasteiger partial charge in [0.15, 0.2) is 5.78 Å². The van der Waals surface area contributed by atoms with Gasteiger partial charge in [0.1, 0.15) is 5.78 Å². The normalized spacial score (nSPS) is 12.0. The second-order valence-corrected chi connectivity index (χ2v) is 6.82. The van der Waals surface area contributed by atoms with Crippen molar-refractivity contribution < 1.29 is 9.59 Å². The van der Waals surface area contributed by atoms with Crippen LogP contribution < -0.4 is 0 Å². The third-order valence-corrected chi connectivity index (χ3v) is 3.63. The molecular formula is C22H40O2. The van der Waals surface area contributed by atoms with E-state index in [0.29, 0.717) is 11.7 Å². The second-order valence-electron chi connectivity index (χ2n) is 6.82. The molecule has 0 amide bonds. The second kappa shape index (κ2) is 16.7. The third-order valence-electron chi connectivity index (χ3n) is 3.63. The van der Waals surface area contributed by atoms with Gasteiger partial charge in [-0.05, 0) is 56.6 Å². The zero-order chi connectivity index (χ0) is 19.0. The summed E-state index contributed by atoms with van der Waals surface area (Å²) in [5.41, 5.74) is 1.89. The Kier molecular flexibility index (Phi) is 17.4. The van der Waals surface area contributed by atoms with Gasteiger partial charge in [-0.25, -0.2) is 0 Å². The Hall–Kier alpha value is -1.18. The first-order valence-electron chi connectivity index (χ1n) is 9.71. The van der Waals surface area contributed by atoms with E-state index >= 15 is 0 Å². The summed E-state index contributed by atoms with van der Waals surface area (Å²) in [6.45, 7) is 14.2. The number of allylic oxidation sites excluding steroid dienone is 4. The number of carbonyl (C=O) groups is 2.